The molecule has 6 nitrogen and oxygen atoms in total. The lowest BCUT2D eigenvalue weighted by molar-refractivity contribution is -0.140. The van der Waals surface area contributed by atoms with Gasteiger partial charge in [0.1, 0.15) is 28.4 Å². The first-order chi connectivity index (χ1) is 9.39. The van der Waals surface area contributed by atoms with Gasteiger partial charge in [0.25, 0.3) is 0 Å². The fourth-order valence-corrected chi connectivity index (χ4v) is 4.03. The number of aliphatic carboxylic acids is 1. The summed E-state index contributed by atoms with van der Waals surface area (Å²) in [5, 5.41) is 17.9. The van der Waals surface area contributed by atoms with Crippen molar-refractivity contribution in [1.82, 2.24) is 4.31 Å². The van der Waals surface area contributed by atoms with E-state index < -0.39 is 38.3 Å². The number of benzene rings is 1. The molecule has 1 aromatic carbocycles. The molecule has 0 aromatic heterocycles. The average Bonchev–Trinajstić information content (AvgIpc) is 2.88. The van der Waals surface area contributed by atoms with E-state index in [0.29, 0.717) is 6.42 Å². The van der Waals surface area contributed by atoms with Crippen molar-refractivity contribution < 1.29 is 22.7 Å². The van der Waals surface area contributed by atoms with E-state index in [1.807, 2.05) is 0 Å². The molecule has 0 unspecified atom stereocenters. The van der Waals surface area contributed by atoms with Crippen LogP contribution in [-0.4, -0.2) is 36.4 Å². The number of nitriles is 1. The summed E-state index contributed by atoms with van der Waals surface area (Å²) in [5.74, 6) is -2.19. The second-order valence-electron chi connectivity index (χ2n) is 4.34. The number of sulfonamides is 1. The summed E-state index contributed by atoms with van der Waals surface area (Å²) in [4.78, 5) is 10.6. The number of hydrogen-bond donors (Lipinski definition) is 1. The van der Waals surface area contributed by atoms with Crippen LogP contribution in [0.4, 0.5) is 4.39 Å². The van der Waals surface area contributed by atoms with Gasteiger partial charge in [0.2, 0.25) is 10.0 Å². The van der Waals surface area contributed by atoms with Crippen LogP contribution in [0.1, 0.15) is 18.4 Å². The van der Waals surface area contributed by atoms with E-state index in [-0.39, 0.29) is 13.0 Å². The Balaban J connectivity index is 2.54. The maximum Gasteiger partial charge on any atom is 0.322 e. The highest BCUT2D eigenvalue weighted by Crippen LogP contribution is 2.28. The Morgan fingerprint density at radius 1 is 1.50 bits per heavy atom. The van der Waals surface area contributed by atoms with E-state index in [4.69, 9.17) is 10.4 Å². The van der Waals surface area contributed by atoms with Crippen molar-refractivity contribution in [3.05, 3.63) is 29.6 Å². The second-order valence-corrected chi connectivity index (χ2v) is 6.20. The summed E-state index contributed by atoms with van der Waals surface area (Å²) >= 11 is 0. The van der Waals surface area contributed by atoms with Crippen LogP contribution in [0.3, 0.4) is 0 Å². The second kappa shape index (κ2) is 5.19. The lowest BCUT2D eigenvalue weighted by Gasteiger charge is -2.21. The molecular formula is C12H11FN2O4S. The van der Waals surface area contributed by atoms with Crippen molar-refractivity contribution >= 4 is 16.0 Å². The molecule has 0 bridgehead atoms. The lowest BCUT2D eigenvalue weighted by atomic mass is 10.2. The summed E-state index contributed by atoms with van der Waals surface area (Å²) in [7, 11) is -4.21. The molecule has 20 heavy (non-hydrogen) atoms. The predicted molar refractivity (Wildman–Crippen MR) is 65.7 cm³/mol. The van der Waals surface area contributed by atoms with Crippen molar-refractivity contribution in [2.75, 3.05) is 6.54 Å². The van der Waals surface area contributed by atoms with Gasteiger partial charge in [0, 0.05) is 6.54 Å². The number of carbonyl (C=O) groups is 1. The smallest absolute Gasteiger partial charge is 0.322 e. The normalized spacial score (nSPS) is 19.7. The molecule has 1 N–H and O–H groups in total. The third-order valence-corrected chi connectivity index (χ3v) is 5.11. The molecule has 0 amide bonds. The first-order valence-electron chi connectivity index (χ1n) is 5.83. The number of rotatable bonds is 3. The molecule has 8 heteroatoms. The topological polar surface area (TPSA) is 98.5 Å². The largest absolute Gasteiger partial charge is 0.480 e. The van der Waals surface area contributed by atoms with Crippen molar-refractivity contribution in [2.24, 2.45) is 0 Å². The van der Waals surface area contributed by atoms with Gasteiger partial charge < -0.3 is 5.11 Å². The third-order valence-electron chi connectivity index (χ3n) is 3.16. The van der Waals surface area contributed by atoms with E-state index in [2.05, 4.69) is 0 Å². The van der Waals surface area contributed by atoms with Crippen molar-refractivity contribution in [1.29, 1.82) is 5.26 Å². The summed E-state index contributed by atoms with van der Waals surface area (Å²) in [6.07, 6.45) is 0.610. The molecular weight excluding hydrogens is 287 g/mol. The van der Waals surface area contributed by atoms with Gasteiger partial charge in [-0.3, -0.25) is 4.79 Å². The number of carboxylic acids is 1. The summed E-state index contributed by atoms with van der Waals surface area (Å²) in [6, 6.07) is 3.60. The fourth-order valence-electron chi connectivity index (χ4n) is 2.23. The molecule has 0 saturated carbocycles. The Labute approximate surface area is 115 Å². The molecule has 1 aromatic rings. The van der Waals surface area contributed by atoms with E-state index >= 15 is 0 Å². The van der Waals surface area contributed by atoms with Gasteiger partial charge in [-0.2, -0.15) is 9.57 Å². The Morgan fingerprint density at radius 3 is 2.80 bits per heavy atom. The average molecular weight is 298 g/mol. The first-order valence-corrected chi connectivity index (χ1v) is 7.27. The van der Waals surface area contributed by atoms with Crippen molar-refractivity contribution in [3.8, 4) is 6.07 Å². The molecule has 2 rings (SSSR count). The molecule has 1 heterocycles. The number of halogens is 1. The molecule has 1 saturated heterocycles. The minimum absolute atomic E-state index is 0.0423. The molecule has 1 fully saturated rings. The Kier molecular flexibility index (Phi) is 3.74. The van der Waals surface area contributed by atoms with Crippen LogP contribution >= 0.6 is 0 Å². The molecule has 0 radical (unpaired) electrons. The van der Waals surface area contributed by atoms with Crippen LogP contribution < -0.4 is 0 Å². The van der Waals surface area contributed by atoms with Gasteiger partial charge in [-0.25, -0.2) is 12.8 Å². The molecule has 1 aliphatic heterocycles. The monoisotopic (exact) mass is 298 g/mol. The Hall–Kier alpha value is -1.98. The quantitative estimate of drug-likeness (QED) is 0.895. The molecule has 1 atom stereocenters. The number of carboxylic acid groups (broad SMARTS) is 1. The molecule has 1 aliphatic rings. The zero-order chi connectivity index (χ0) is 14.9. The summed E-state index contributed by atoms with van der Waals surface area (Å²) in [5.41, 5.74) is -0.594. The lowest BCUT2D eigenvalue weighted by Crippen LogP contribution is -2.40. The van der Waals surface area contributed by atoms with Gasteiger partial charge in [-0.1, -0.05) is 6.07 Å². The van der Waals surface area contributed by atoms with Gasteiger partial charge >= 0.3 is 5.97 Å². The van der Waals surface area contributed by atoms with Crippen LogP contribution in [-0.2, 0) is 14.8 Å². The van der Waals surface area contributed by atoms with Crippen LogP contribution in [0.5, 0.6) is 0 Å². The van der Waals surface area contributed by atoms with Crippen LogP contribution in [0, 0.1) is 17.1 Å². The minimum atomic E-state index is -4.21. The van der Waals surface area contributed by atoms with Crippen LogP contribution in [0.2, 0.25) is 0 Å². The fraction of sp³-hybridized carbons (Fsp3) is 0.333. The highest BCUT2D eigenvalue weighted by molar-refractivity contribution is 7.89. The van der Waals surface area contributed by atoms with E-state index in [9.17, 15) is 17.6 Å². The predicted octanol–water partition coefficient (Wildman–Crippen LogP) is 0.935. The molecule has 0 aliphatic carbocycles. The zero-order valence-corrected chi connectivity index (χ0v) is 11.1. The zero-order valence-electron chi connectivity index (χ0n) is 10.3. The highest BCUT2D eigenvalue weighted by Gasteiger charge is 2.40. The van der Waals surface area contributed by atoms with Gasteiger partial charge in [0.15, 0.2) is 0 Å². The summed E-state index contributed by atoms with van der Waals surface area (Å²) < 4.78 is 39.2. The maximum absolute atomic E-state index is 13.5. The molecule has 0 spiro atoms. The van der Waals surface area contributed by atoms with Gasteiger partial charge in [0.05, 0.1) is 0 Å². The first kappa shape index (κ1) is 14.4. The van der Waals surface area contributed by atoms with Gasteiger partial charge in [-0.15, -0.1) is 0 Å². The number of nitrogens with zero attached hydrogens (tertiary/aromatic N) is 2. The minimum Gasteiger partial charge on any atom is -0.480 e. The van der Waals surface area contributed by atoms with Crippen LogP contribution in [0.15, 0.2) is 23.1 Å². The van der Waals surface area contributed by atoms with Crippen molar-refractivity contribution in [2.45, 2.75) is 23.8 Å². The summed E-state index contributed by atoms with van der Waals surface area (Å²) in [6.45, 7) is 0.0423. The van der Waals surface area contributed by atoms with Crippen molar-refractivity contribution in [3.63, 3.8) is 0 Å². The van der Waals surface area contributed by atoms with E-state index in [1.165, 1.54) is 12.1 Å². The van der Waals surface area contributed by atoms with Crippen LogP contribution in [0.25, 0.3) is 0 Å². The molecule has 106 valence electrons. The third kappa shape index (κ3) is 2.26. The maximum atomic E-state index is 13.5. The highest BCUT2D eigenvalue weighted by atomic mass is 32.2. The number of hydrogen-bond acceptors (Lipinski definition) is 4. The Morgan fingerprint density at radius 2 is 2.20 bits per heavy atom. The standard InChI is InChI=1S/C12H11FN2O4S/c13-9-3-1-5-11(8(9)7-14)20(18,19)15-6-2-4-10(15)12(16)17/h1,3,5,10H,2,4,6H2,(H,16,17)/t10-/m1/s1. The van der Waals surface area contributed by atoms with Gasteiger partial charge in [-0.05, 0) is 25.0 Å². The Bertz CT molecular complexity index is 696. The van der Waals surface area contributed by atoms with E-state index in [0.717, 1.165) is 16.4 Å². The van der Waals surface area contributed by atoms with E-state index in [1.54, 1.807) is 0 Å². The SMILES string of the molecule is N#Cc1c(F)cccc1S(=O)(=O)N1CCC[C@@H]1C(=O)O.